The van der Waals surface area contributed by atoms with Crippen LogP contribution in [0.2, 0.25) is 0 Å². The molecule has 1 aromatic rings. The number of carbonyl (C=O) groups is 3. The number of carbonyl (C=O) groups excluding carboxylic acids is 3. The topological polar surface area (TPSA) is 94.2 Å². The maximum atomic E-state index is 12.7. The van der Waals surface area contributed by atoms with E-state index in [1.54, 1.807) is 53.4 Å². The molecule has 176 valence electrons. The Balaban J connectivity index is 2.01. The summed E-state index contributed by atoms with van der Waals surface area (Å²) in [6.45, 7) is 6.09. The van der Waals surface area contributed by atoms with Gasteiger partial charge in [-0.2, -0.15) is 0 Å². The molecule has 0 radical (unpaired) electrons. The molecule has 2 rings (SSSR count). The second-order valence-electron chi connectivity index (χ2n) is 8.33. The maximum absolute atomic E-state index is 12.7. The van der Waals surface area contributed by atoms with Crippen LogP contribution in [-0.2, 0) is 14.4 Å². The van der Waals surface area contributed by atoms with Gasteiger partial charge in [0, 0.05) is 18.5 Å². The molecule has 1 aromatic carbocycles. The number of Topliss-reactive ketones (excluding diaryl/α,β-unsaturated/α-hetero) is 1. The van der Waals surface area contributed by atoms with Crippen LogP contribution >= 0.6 is 0 Å². The molecule has 8 heteroatoms. The fourth-order valence-corrected chi connectivity index (χ4v) is 3.53. The Labute approximate surface area is 189 Å². The highest BCUT2D eigenvalue weighted by Crippen LogP contribution is 2.38. The van der Waals surface area contributed by atoms with Crippen molar-refractivity contribution in [2.24, 2.45) is 5.41 Å². The molecule has 0 aliphatic carbocycles. The molecule has 0 saturated carbocycles. The molecule has 2 amide bonds. The van der Waals surface area contributed by atoms with E-state index in [1.807, 2.05) is 13.0 Å². The molecule has 1 fully saturated rings. The van der Waals surface area contributed by atoms with E-state index in [2.05, 4.69) is 5.32 Å². The molecule has 1 saturated heterocycles. The molecule has 0 unspecified atom stereocenters. The Bertz CT molecular complexity index is 852. The number of ketones is 1. The normalized spacial score (nSPS) is 16.2. The second kappa shape index (κ2) is 11.0. The summed E-state index contributed by atoms with van der Waals surface area (Å²) in [6.07, 6.45) is 5.44. The number of amides is 2. The summed E-state index contributed by atoms with van der Waals surface area (Å²) < 4.78 is 16.0. The lowest BCUT2D eigenvalue weighted by Crippen LogP contribution is -2.50. The van der Waals surface area contributed by atoms with Crippen molar-refractivity contribution >= 4 is 23.7 Å². The van der Waals surface area contributed by atoms with Crippen molar-refractivity contribution in [2.75, 3.05) is 34.4 Å². The first-order chi connectivity index (χ1) is 15.2. The molecule has 32 heavy (non-hydrogen) atoms. The van der Waals surface area contributed by atoms with Gasteiger partial charge in [-0.05, 0) is 37.0 Å². The van der Waals surface area contributed by atoms with Crippen molar-refractivity contribution in [3.05, 3.63) is 23.8 Å². The van der Waals surface area contributed by atoms with E-state index in [-0.39, 0.29) is 12.5 Å². The lowest BCUT2D eigenvalue weighted by molar-refractivity contribution is -0.151. The maximum Gasteiger partial charge on any atom is 0.291 e. The van der Waals surface area contributed by atoms with Gasteiger partial charge in [-0.3, -0.25) is 14.4 Å². The van der Waals surface area contributed by atoms with Crippen LogP contribution in [0, 0.1) is 5.41 Å². The number of likely N-dealkylation sites (tertiary alicyclic amines) is 1. The Hall–Kier alpha value is -3.03. The third-order valence-corrected chi connectivity index (χ3v) is 5.90. The van der Waals surface area contributed by atoms with Gasteiger partial charge in [-0.15, -0.1) is 0 Å². The zero-order valence-corrected chi connectivity index (χ0v) is 19.8. The van der Waals surface area contributed by atoms with Gasteiger partial charge >= 0.3 is 0 Å². The number of hydrogen-bond acceptors (Lipinski definition) is 6. The number of benzene rings is 1. The zero-order chi connectivity index (χ0) is 23.9. The average Bonchev–Trinajstić information content (AvgIpc) is 3.29. The quantitative estimate of drug-likeness (QED) is 0.556. The predicted octanol–water partition coefficient (Wildman–Crippen LogP) is 2.84. The SMILES string of the molecule is CCC(C)(C)C(=O)C(=O)N1CCC[C@H]1C(=O)NC/C=C/c1cc(OC)c(OC)c(OC)c1. The number of nitrogens with one attached hydrogen (secondary N) is 1. The van der Waals surface area contributed by atoms with Gasteiger partial charge in [0.15, 0.2) is 11.5 Å². The van der Waals surface area contributed by atoms with Gasteiger partial charge < -0.3 is 24.4 Å². The van der Waals surface area contributed by atoms with Crippen LogP contribution in [0.1, 0.15) is 45.6 Å². The minimum Gasteiger partial charge on any atom is -0.493 e. The van der Waals surface area contributed by atoms with Crippen LogP contribution < -0.4 is 19.5 Å². The van der Waals surface area contributed by atoms with Gasteiger partial charge in [0.05, 0.1) is 21.3 Å². The monoisotopic (exact) mass is 446 g/mol. The minimum atomic E-state index is -0.732. The van der Waals surface area contributed by atoms with E-state index in [4.69, 9.17) is 14.2 Å². The summed E-state index contributed by atoms with van der Waals surface area (Å²) in [7, 11) is 4.64. The Morgan fingerprint density at radius 1 is 1.12 bits per heavy atom. The summed E-state index contributed by atoms with van der Waals surface area (Å²) in [6, 6.07) is 2.99. The Kier molecular flexibility index (Phi) is 8.69. The highest BCUT2D eigenvalue weighted by molar-refractivity contribution is 6.38. The van der Waals surface area contributed by atoms with Crippen molar-refractivity contribution in [2.45, 2.75) is 46.1 Å². The summed E-state index contributed by atoms with van der Waals surface area (Å²) in [4.78, 5) is 39.4. The number of methoxy groups -OCH3 is 3. The standard InChI is InChI=1S/C24H34N2O6/c1-7-24(2,3)21(27)23(29)26-13-9-11-17(26)22(28)25-12-8-10-16-14-18(30-4)20(32-6)19(15-16)31-5/h8,10,14-15,17H,7,9,11-13H2,1-6H3,(H,25,28)/b10-8+/t17-/m0/s1. The van der Waals surface area contributed by atoms with Gasteiger partial charge in [0.25, 0.3) is 5.91 Å². The summed E-state index contributed by atoms with van der Waals surface area (Å²) in [5.41, 5.74) is 0.0861. The van der Waals surface area contributed by atoms with E-state index >= 15 is 0 Å². The predicted molar refractivity (Wildman–Crippen MR) is 122 cm³/mol. The summed E-state index contributed by atoms with van der Waals surface area (Å²) >= 11 is 0. The molecule has 0 aromatic heterocycles. The van der Waals surface area contributed by atoms with Crippen molar-refractivity contribution in [1.29, 1.82) is 0 Å². The number of rotatable bonds is 10. The number of hydrogen-bond donors (Lipinski definition) is 1. The van der Waals surface area contributed by atoms with Crippen molar-refractivity contribution in [3.63, 3.8) is 0 Å². The molecule has 0 spiro atoms. The van der Waals surface area contributed by atoms with Crippen LogP contribution in [0.3, 0.4) is 0 Å². The van der Waals surface area contributed by atoms with E-state index in [1.165, 1.54) is 4.90 Å². The Morgan fingerprint density at radius 3 is 2.28 bits per heavy atom. The third kappa shape index (κ3) is 5.60. The largest absolute Gasteiger partial charge is 0.493 e. The molecule has 0 bridgehead atoms. The molecule has 1 N–H and O–H groups in total. The molecule has 1 atom stereocenters. The van der Waals surface area contributed by atoms with Crippen LogP contribution in [0.15, 0.2) is 18.2 Å². The molecular formula is C24H34N2O6. The minimum absolute atomic E-state index is 0.257. The van der Waals surface area contributed by atoms with Gasteiger partial charge in [-0.1, -0.05) is 32.9 Å². The highest BCUT2D eigenvalue weighted by atomic mass is 16.5. The zero-order valence-electron chi connectivity index (χ0n) is 19.8. The van der Waals surface area contributed by atoms with Crippen LogP contribution in [0.25, 0.3) is 6.08 Å². The average molecular weight is 447 g/mol. The van der Waals surface area contributed by atoms with Crippen LogP contribution in [-0.4, -0.2) is 63.0 Å². The fraction of sp³-hybridized carbons (Fsp3) is 0.542. The van der Waals surface area contributed by atoms with E-state index in [0.29, 0.717) is 43.1 Å². The van der Waals surface area contributed by atoms with Crippen LogP contribution in [0.4, 0.5) is 0 Å². The summed E-state index contributed by atoms with van der Waals surface area (Å²) in [5, 5.41) is 2.83. The van der Waals surface area contributed by atoms with Gasteiger partial charge in [0.2, 0.25) is 17.4 Å². The third-order valence-electron chi connectivity index (χ3n) is 5.90. The van der Waals surface area contributed by atoms with Gasteiger partial charge in [-0.25, -0.2) is 0 Å². The first-order valence-corrected chi connectivity index (χ1v) is 10.8. The number of nitrogens with zero attached hydrogens (tertiary/aromatic N) is 1. The highest BCUT2D eigenvalue weighted by Gasteiger charge is 2.40. The molecule has 1 aliphatic rings. The van der Waals surface area contributed by atoms with Crippen LogP contribution in [0.5, 0.6) is 17.2 Å². The Morgan fingerprint density at radius 2 is 1.75 bits per heavy atom. The second-order valence-corrected chi connectivity index (χ2v) is 8.33. The molecule has 1 aliphatic heterocycles. The lowest BCUT2D eigenvalue weighted by atomic mass is 9.84. The smallest absolute Gasteiger partial charge is 0.291 e. The van der Waals surface area contributed by atoms with Crippen molar-refractivity contribution in [1.82, 2.24) is 10.2 Å². The first-order valence-electron chi connectivity index (χ1n) is 10.8. The molecule has 1 heterocycles. The van der Waals surface area contributed by atoms with Gasteiger partial charge in [0.1, 0.15) is 6.04 Å². The molecular weight excluding hydrogens is 412 g/mol. The van der Waals surface area contributed by atoms with E-state index < -0.39 is 23.1 Å². The van der Waals surface area contributed by atoms with Crippen molar-refractivity contribution < 1.29 is 28.6 Å². The van der Waals surface area contributed by atoms with E-state index in [9.17, 15) is 14.4 Å². The number of ether oxygens (including phenoxy) is 3. The fourth-order valence-electron chi connectivity index (χ4n) is 3.53. The first kappa shape index (κ1) is 25.2. The molecule has 8 nitrogen and oxygen atoms in total. The lowest BCUT2D eigenvalue weighted by Gasteiger charge is -2.27. The van der Waals surface area contributed by atoms with E-state index in [0.717, 1.165) is 5.56 Å². The summed E-state index contributed by atoms with van der Waals surface area (Å²) in [5.74, 6) is 0.315. The van der Waals surface area contributed by atoms with Crippen molar-refractivity contribution in [3.8, 4) is 17.2 Å².